The van der Waals surface area contributed by atoms with E-state index in [1.807, 2.05) is 6.92 Å². The number of benzene rings is 1. The molecule has 0 saturated carbocycles. The number of carboxylic acid groups (broad SMARTS) is 1. The van der Waals surface area contributed by atoms with Crippen LogP contribution in [0, 0.1) is 17.6 Å². The highest BCUT2D eigenvalue weighted by Crippen LogP contribution is 2.37. The van der Waals surface area contributed by atoms with Gasteiger partial charge in [-0.2, -0.15) is 0 Å². The Labute approximate surface area is 121 Å². The van der Waals surface area contributed by atoms with E-state index in [4.69, 9.17) is 0 Å². The van der Waals surface area contributed by atoms with Crippen molar-refractivity contribution in [2.75, 3.05) is 6.54 Å². The van der Waals surface area contributed by atoms with E-state index in [1.165, 1.54) is 4.90 Å². The fourth-order valence-electron chi connectivity index (χ4n) is 2.87. The van der Waals surface area contributed by atoms with Gasteiger partial charge < -0.3 is 10.0 Å². The van der Waals surface area contributed by atoms with Crippen molar-refractivity contribution >= 4 is 11.9 Å². The van der Waals surface area contributed by atoms with Crippen LogP contribution in [0.1, 0.15) is 37.8 Å². The maximum atomic E-state index is 13.4. The number of carbonyl (C=O) groups excluding carboxylic acids is 1. The van der Waals surface area contributed by atoms with Crippen molar-refractivity contribution < 1.29 is 23.5 Å². The van der Waals surface area contributed by atoms with Gasteiger partial charge in [0.25, 0.3) is 0 Å². The van der Waals surface area contributed by atoms with Crippen molar-refractivity contribution in [2.45, 2.75) is 32.2 Å². The molecule has 1 heterocycles. The summed E-state index contributed by atoms with van der Waals surface area (Å²) in [5.74, 6) is -3.63. The number of nitrogens with zero attached hydrogens (tertiary/aromatic N) is 1. The molecule has 21 heavy (non-hydrogen) atoms. The molecule has 1 fully saturated rings. The summed E-state index contributed by atoms with van der Waals surface area (Å²) >= 11 is 0. The fraction of sp³-hybridized carbons (Fsp3) is 0.467. The van der Waals surface area contributed by atoms with Crippen LogP contribution in [-0.4, -0.2) is 28.4 Å². The summed E-state index contributed by atoms with van der Waals surface area (Å²) in [6.07, 6.45) is 0.967. The van der Waals surface area contributed by atoms with E-state index in [0.717, 1.165) is 18.2 Å². The average molecular weight is 297 g/mol. The first-order chi connectivity index (χ1) is 9.93. The molecule has 0 radical (unpaired) electrons. The molecule has 0 aromatic heterocycles. The van der Waals surface area contributed by atoms with E-state index in [-0.39, 0.29) is 24.3 Å². The topological polar surface area (TPSA) is 57.6 Å². The summed E-state index contributed by atoms with van der Waals surface area (Å²) in [5, 5.41) is 9.36. The van der Waals surface area contributed by atoms with Crippen LogP contribution < -0.4 is 0 Å². The van der Waals surface area contributed by atoms with E-state index in [0.29, 0.717) is 13.0 Å². The van der Waals surface area contributed by atoms with Gasteiger partial charge in [0.15, 0.2) is 0 Å². The van der Waals surface area contributed by atoms with E-state index in [1.54, 1.807) is 0 Å². The van der Waals surface area contributed by atoms with Gasteiger partial charge in [-0.1, -0.05) is 6.92 Å². The number of amides is 1. The Kier molecular flexibility index (Phi) is 4.55. The summed E-state index contributed by atoms with van der Waals surface area (Å²) in [6.45, 7) is 2.23. The van der Waals surface area contributed by atoms with E-state index < -0.39 is 29.6 Å². The first-order valence-electron chi connectivity index (χ1n) is 6.92. The molecule has 1 amide bonds. The number of carboxylic acids is 1. The predicted molar refractivity (Wildman–Crippen MR) is 71.5 cm³/mol. The molecular formula is C15H17F2NO3. The SMILES string of the molecule is CCCN1C(=O)CCC(C(=O)O)C1c1cc(F)cc(F)c1. The Bertz CT molecular complexity index is 542. The lowest BCUT2D eigenvalue weighted by Gasteiger charge is -2.39. The van der Waals surface area contributed by atoms with Gasteiger partial charge in [0.1, 0.15) is 11.6 Å². The van der Waals surface area contributed by atoms with Crippen LogP contribution in [0.4, 0.5) is 8.78 Å². The quantitative estimate of drug-likeness (QED) is 0.929. The normalized spacial score (nSPS) is 22.4. The molecule has 114 valence electrons. The molecular weight excluding hydrogens is 280 g/mol. The van der Waals surface area contributed by atoms with Crippen molar-refractivity contribution in [3.8, 4) is 0 Å². The van der Waals surface area contributed by atoms with E-state index in [2.05, 4.69) is 0 Å². The van der Waals surface area contributed by atoms with Crippen molar-refractivity contribution in [3.05, 3.63) is 35.4 Å². The largest absolute Gasteiger partial charge is 0.481 e. The highest BCUT2D eigenvalue weighted by molar-refractivity contribution is 5.81. The van der Waals surface area contributed by atoms with Gasteiger partial charge in [-0.05, 0) is 30.5 Å². The molecule has 0 aliphatic carbocycles. The number of rotatable bonds is 4. The smallest absolute Gasteiger partial charge is 0.308 e. The molecule has 1 aromatic carbocycles. The van der Waals surface area contributed by atoms with Gasteiger partial charge in [0, 0.05) is 19.0 Å². The van der Waals surface area contributed by atoms with Gasteiger partial charge in [0.2, 0.25) is 5.91 Å². The molecule has 1 aromatic rings. The molecule has 1 saturated heterocycles. The molecule has 1 aliphatic rings. The minimum Gasteiger partial charge on any atom is -0.481 e. The second-order valence-corrected chi connectivity index (χ2v) is 5.22. The lowest BCUT2D eigenvalue weighted by molar-refractivity contribution is -0.152. The third-order valence-electron chi connectivity index (χ3n) is 3.71. The van der Waals surface area contributed by atoms with Gasteiger partial charge in [0.05, 0.1) is 12.0 Å². The van der Waals surface area contributed by atoms with Crippen molar-refractivity contribution in [2.24, 2.45) is 5.92 Å². The highest BCUT2D eigenvalue weighted by Gasteiger charge is 2.40. The van der Waals surface area contributed by atoms with Crippen molar-refractivity contribution in [1.82, 2.24) is 4.90 Å². The van der Waals surface area contributed by atoms with Crippen LogP contribution in [0.2, 0.25) is 0 Å². The van der Waals surface area contributed by atoms with Crippen LogP contribution in [-0.2, 0) is 9.59 Å². The molecule has 1 N–H and O–H groups in total. The number of carbonyl (C=O) groups is 2. The Morgan fingerprint density at radius 2 is 1.95 bits per heavy atom. The monoisotopic (exact) mass is 297 g/mol. The Morgan fingerprint density at radius 1 is 1.33 bits per heavy atom. The van der Waals surface area contributed by atoms with Gasteiger partial charge >= 0.3 is 5.97 Å². The summed E-state index contributed by atoms with van der Waals surface area (Å²) in [4.78, 5) is 24.9. The number of likely N-dealkylation sites (tertiary alicyclic amines) is 1. The number of hydrogen-bond donors (Lipinski definition) is 1. The summed E-state index contributed by atoms with van der Waals surface area (Å²) in [7, 11) is 0. The zero-order valence-electron chi connectivity index (χ0n) is 11.7. The summed E-state index contributed by atoms with van der Waals surface area (Å²) in [6, 6.07) is 2.11. The first-order valence-corrected chi connectivity index (χ1v) is 6.92. The minimum absolute atomic E-state index is 0.144. The lowest BCUT2D eigenvalue weighted by atomic mass is 9.84. The molecule has 1 aliphatic heterocycles. The minimum atomic E-state index is -1.06. The summed E-state index contributed by atoms with van der Waals surface area (Å²) < 4.78 is 26.9. The first kappa shape index (κ1) is 15.4. The Hall–Kier alpha value is -1.98. The van der Waals surface area contributed by atoms with Crippen LogP contribution in [0.15, 0.2) is 18.2 Å². The number of hydrogen-bond acceptors (Lipinski definition) is 2. The second-order valence-electron chi connectivity index (χ2n) is 5.22. The van der Waals surface area contributed by atoms with Gasteiger partial charge in [-0.15, -0.1) is 0 Å². The van der Waals surface area contributed by atoms with Crippen LogP contribution >= 0.6 is 0 Å². The van der Waals surface area contributed by atoms with Crippen molar-refractivity contribution in [1.29, 1.82) is 0 Å². The third kappa shape index (κ3) is 3.20. The van der Waals surface area contributed by atoms with Gasteiger partial charge in [-0.3, -0.25) is 9.59 Å². The maximum Gasteiger partial charge on any atom is 0.308 e. The number of aliphatic carboxylic acids is 1. The molecule has 0 bridgehead atoms. The standard InChI is InChI=1S/C15H17F2NO3/c1-2-5-18-13(19)4-3-12(15(20)21)14(18)9-6-10(16)8-11(17)7-9/h6-8,12,14H,2-5H2,1H3,(H,20,21). The highest BCUT2D eigenvalue weighted by atomic mass is 19.1. The van der Waals surface area contributed by atoms with Crippen molar-refractivity contribution in [3.63, 3.8) is 0 Å². The number of piperidine rings is 1. The zero-order chi connectivity index (χ0) is 15.6. The van der Waals surface area contributed by atoms with Crippen LogP contribution in [0.5, 0.6) is 0 Å². The molecule has 2 unspecified atom stereocenters. The van der Waals surface area contributed by atoms with E-state index >= 15 is 0 Å². The third-order valence-corrected chi connectivity index (χ3v) is 3.71. The fourth-order valence-corrected chi connectivity index (χ4v) is 2.87. The maximum absolute atomic E-state index is 13.4. The Morgan fingerprint density at radius 3 is 2.48 bits per heavy atom. The molecule has 6 heteroatoms. The molecule has 0 spiro atoms. The average Bonchev–Trinajstić information content (AvgIpc) is 2.39. The Balaban J connectivity index is 2.48. The molecule has 4 nitrogen and oxygen atoms in total. The lowest BCUT2D eigenvalue weighted by Crippen LogP contribution is -2.45. The molecule has 2 atom stereocenters. The second kappa shape index (κ2) is 6.20. The zero-order valence-corrected chi connectivity index (χ0v) is 11.7. The van der Waals surface area contributed by atoms with E-state index in [9.17, 15) is 23.5 Å². The van der Waals surface area contributed by atoms with Crippen LogP contribution in [0.25, 0.3) is 0 Å². The molecule has 2 rings (SSSR count). The van der Waals surface area contributed by atoms with Gasteiger partial charge in [-0.25, -0.2) is 8.78 Å². The predicted octanol–water partition coefficient (Wildman–Crippen LogP) is 2.74. The number of halogens is 2. The van der Waals surface area contributed by atoms with Crippen LogP contribution in [0.3, 0.4) is 0 Å². The summed E-state index contributed by atoms with van der Waals surface area (Å²) in [5.41, 5.74) is 0.196.